The van der Waals surface area contributed by atoms with Crippen LogP contribution in [-0.4, -0.2) is 43.6 Å². The van der Waals surface area contributed by atoms with Crippen LogP contribution in [0.2, 0.25) is 0 Å². The van der Waals surface area contributed by atoms with Crippen LogP contribution in [0.5, 0.6) is 0 Å². The molecule has 0 saturated heterocycles. The van der Waals surface area contributed by atoms with Gasteiger partial charge in [-0.3, -0.25) is 14.4 Å². The third kappa shape index (κ3) is 3.79. The highest BCUT2D eigenvalue weighted by Gasteiger charge is 2.35. The molecule has 8 heteroatoms. The first-order valence-corrected chi connectivity index (χ1v) is 9.92. The van der Waals surface area contributed by atoms with Gasteiger partial charge in [-0.1, -0.05) is 30.3 Å². The van der Waals surface area contributed by atoms with Crippen molar-refractivity contribution in [3.05, 3.63) is 71.4 Å². The molecule has 4 rings (SSSR count). The van der Waals surface area contributed by atoms with E-state index >= 15 is 0 Å². The van der Waals surface area contributed by atoms with Crippen molar-refractivity contribution in [3.8, 4) is 16.9 Å². The normalized spacial score (nSPS) is 13.8. The minimum atomic E-state index is -1.04. The second kappa shape index (κ2) is 8.06. The average molecular weight is 418 g/mol. The van der Waals surface area contributed by atoms with Gasteiger partial charge in [0.25, 0.3) is 5.91 Å². The predicted molar refractivity (Wildman–Crippen MR) is 113 cm³/mol. The number of hydrogen-bond acceptors (Lipinski definition) is 4. The Morgan fingerprint density at radius 3 is 2.61 bits per heavy atom. The summed E-state index contributed by atoms with van der Waals surface area (Å²) in [5, 5.41) is 13.5. The van der Waals surface area contributed by atoms with Crippen molar-refractivity contribution in [1.82, 2.24) is 14.7 Å². The van der Waals surface area contributed by atoms with Crippen LogP contribution in [0.3, 0.4) is 0 Å². The van der Waals surface area contributed by atoms with Crippen molar-refractivity contribution >= 4 is 17.8 Å². The summed E-state index contributed by atoms with van der Waals surface area (Å²) in [6.07, 6.45) is 1.53. The molecule has 2 aromatic carbocycles. The molecule has 3 aromatic rings. The van der Waals surface area contributed by atoms with E-state index < -0.39 is 17.9 Å². The fourth-order valence-corrected chi connectivity index (χ4v) is 4.00. The molecule has 0 fully saturated rings. The van der Waals surface area contributed by atoms with Crippen molar-refractivity contribution in [2.45, 2.75) is 32.4 Å². The topological polar surface area (TPSA) is 119 Å². The lowest BCUT2D eigenvalue weighted by Gasteiger charge is -2.24. The molecule has 1 aliphatic heterocycles. The van der Waals surface area contributed by atoms with E-state index in [2.05, 4.69) is 5.10 Å². The van der Waals surface area contributed by atoms with Crippen molar-refractivity contribution in [1.29, 1.82) is 0 Å². The number of nitrogens with zero attached hydrogens (tertiary/aromatic N) is 3. The molecule has 2 heterocycles. The highest BCUT2D eigenvalue weighted by molar-refractivity contribution is 6.01. The van der Waals surface area contributed by atoms with Crippen LogP contribution in [0.25, 0.3) is 16.9 Å². The van der Waals surface area contributed by atoms with E-state index in [1.807, 2.05) is 54.1 Å². The van der Waals surface area contributed by atoms with Gasteiger partial charge < -0.3 is 15.7 Å². The monoisotopic (exact) mass is 418 g/mol. The number of aryl methyl sites for hydroxylation is 1. The molecule has 8 nitrogen and oxygen atoms in total. The first-order chi connectivity index (χ1) is 14.9. The lowest BCUT2D eigenvalue weighted by Crippen LogP contribution is -2.45. The number of fused-ring (bicyclic) bond motifs is 1. The van der Waals surface area contributed by atoms with Crippen LogP contribution in [0.15, 0.2) is 54.7 Å². The number of nitrogens with two attached hydrogens (primary N) is 1. The Balaban J connectivity index is 1.67. The minimum Gasteiger partial charge on any atom is -0.481 e. The average Bonchev–Trinajstić information content (AvgIpc) is 3.28. The number of carbonyl (C=O) groups excluding carboxylic acids is 2. The van der Waals surface area contributed by atoms with Gasteiger partial charge in [-0.15, -0.1) is 0 Å². The molecule has 1 atom stereocenters. The molecule has 3 N–H and O–H groups in total. The van der Waals surface area contributed by atoms with Gasteiger partial charge in [-0.2, -0.15) is 5.10 Å². The summed E-state index contributed by atoms with van der Waals surface area (Å²) in [4.78, 5) is 37.1. The number of aromatic nitrogens is 2. The van der Waals surface area contributed by atoms with Crippen molar-refractivity contribution in [3.63, 3.8) is 0 Å². The van der Waals surface area contributed by atoms with Gasteiger partial charge in [0.2, 0.25) is 5.91 Å². The standard InChI is InChI=1S/C23H22N4O4/c1-14-12-25-27(21(14)15-5-3-2-4-6-15)17-7-8-18-16(11-17)13-26(23(18)31)19(22(24)30)9-10-20(28)29/h2-8,11-12,19H,9-10,13H2,1H3,(H2,24,30)(H,28,29). The Hall–Kier alpha value is -3.94. The number of carbonyl (C=O) groups is 3. The quantitative estimate of drug-likeness (QED) is 0.611. The number of benzene rings is 2. The largest absolute Gasteiger partial charge is 0.481 e. The Morgan fingerprint density at radius 1 is 1.19 bits per heavy atom. The molecule has 2 amide bonds. The molecule has 0 saturated carbocycles. The van der Waals surface area contributed by atoms with Gasteiger partial charge in [0.05, 0.1) is 17.6 Å². The second-order valence-corrected chi connectivity index (χ2v) is 7.58. The summed E-state index contributed by atoms with van der Waals surface area (Å²) < 4.78 is 1.83. The summed E-state index contributed by atoms with van der Waals surface area (Å²) in [6, 6.07) is 14.3. The van der Waals surface area contributed by atoms with E-state index in [0.717, 1.165) is 28.1 Å². The Morgan fingerprint density at radius 2 is 1.94 bits per heavy atom. The SMILES string of the molecule is Cc1cnn(-c2ccc3c(c2)CN(C(CCC(=O)O)C(N)=O)C3=O)c1-c1ccccc1. The number of amides is 2. The summed E-state index contributed by atoms with van der Waals surface area (Å²) in [6.45, 7) is 2.18. The number of rotatable bonds is 7. The third-order valence-electron chi connectivity index (χ3n) is 5.50. The maximum absolute atomic E-state index is 12.9. The van der Waals surface area contributed by atoms with Gasteiger partial charge in [0, 0.05) is 24.1 Å². The first kappa shape index (κ1) is 20.3. The van der Waals surface area contributed by atoms with E-state index in [-0.39, 0.29) is 25.3 Å². The number of carboxylic acid groups (broad SMARTS) is 1. The number of hydrogen-bond donors (Lipinski definition) is 2. The maximum Gasteiger partial charge on any atom is 0.303 e. The zero-order chi connectivity index (χ0) is 22.1. The molecule has 0 aliphatic carbocycles. The minimum absolute atomic E-state index is 0.0201. The number of carboxylic acids is 1. The molecule has 0 bridgehead atoms. The van der Waals surface area contributed by atoms with E-state index in [9.17, 15) is 14.4 Å². The zero-order valence-corrected chi connectivity index (χ0v) is 17.0. The Bertz CT molecular complexity index is 1170. The highest BCUT2D eigenvalue weighted by Crippen LogP contribution is 2.31. The lowest BCUT2D eigenvalue weighted by molar-refractivity contribution is -0.137. The van der Waals surface area contributed by atoms with Crippen molar-refractivity contribution in [2.75, 3.05) is 0 Å². The summed E-state index contributed by atoms with van der Waals surface area (Å²) in [5.41, 5.74) is 10.5. The van der Waals surface area contributed by atoms with E-state index in [1.54, 1.807) is 12.3 Å². The van der Waals surface area contributed by atoms with Crippen LogP contribution in [0.4, 0.5) is 0 Å². The van der Waals surface area contributed by atoms with Crippen molar-refractivity contribution < 1.29 is 19.5 Å². The summed E-state index contributed by atoms with van der Waals surface area (Å²) in [5.74, 6) is -2.08. The van der Waals surface area contributed by atoms with Crippen LogP contribution < -0.4 is 5.73 Å². The number of aliphatic carboxylic acids is 1. The van der Waals surface area contributed by atoms with Crippen LogP contribution in [0, 0.1) is 6.92 Å². The zero-order valence-electron chi connectivity index (χ0n) is 17.0. The van der Waals surface area contributed by atoms with Gasteiger partial charge in [-0.05, 0) is 42.7 Å². The van der Waals surface area contributed by atoms with Crippen molar-refractivity contribution in [2.24, 2.45) is 5.73 Å². The van der Waals surface area contributed by atoms with E-state index in [1.165, 1.54) is 4.90 Å². The molecule has 1 aliphatic rings. The van der Waals surface area contributed by atoms with Gasteiger partial charge in [-0.25, -0.2) is 4.68 Å². The van der Waals surface area contributed by atoms with Gasteiger partial charge in [0.1, 0.15) is 6.04 Å². The molecule has 1 unspecified atom stereocenters. The predicted octanol–water partition coefficient (Wildman–Crippen LogP) is 2.52. The molecular formula is C23H22N4O4. The summed E-state index contributed by atoms with van der Waals surface area (Å²) >= 11 is 0. The third-order valence-corrected chi connectivity index (χ3v) is 5.50. The summed E-state index contributed by atoms with van der Waals surface area (Å²) in [7, 11) is 0. The fourth-order valence-electron chi connectivity index (χ4n) is 4.00. The lowest BCUT2D eigenvalue weighted by atomic mass is 10.1. The number of primary amides is 1. The van der Waals surface area contributed by atoms with Crippen LogP contribution >= 0.6 is 0 Å². The molecule has 1 aromatic heterocycles. The fraction of sp³-hybridized carbons (Fsp3) is 0.217. The maximum atomic E-state index is 12.9. The molecular weight excluding hydrogens is 396 g/mol. The molecule has 0 radical (unpaired) electrons. The van der Waals surface area contributed by atoms with Crippen LogP contribution in [0.1, 0.15) is 34.3 Å². The first-order valence-electron chi connectivity index (χ1n) is 9.92. The van der Waals surface area contributed by atoms with Gasteiger partial charge >= 0.3 is 5.97 Å². The second-order valence-electron chi connectivity index (χ2n) is 7.58. The molecule has 31 heavy (non-hydrogen) atoms. The van der Waals surface area contributed by atoms with Gasteiger partial charge in [0.15, 0.2) is 0 Å². The van der Waals surface area contributed by atoms with E-state index in [0.29, 0.717) is 5.56 Å². The van der Waals surface area contributed by atoms with E-state index in [4.69, 9.17) is 10.8 Å². The smallest absolute Gasteiger partial charge is 0.303 e. The Labute approximate surface area is 178 Å². The molecule has 158 valence electrons. The molecule has 0 spiro atoms. The highest BCUT2D eigenvalue weighted by atomic mass is 16.4. The van der Waals surface area contributed by atoms with Crippen LogP contribution in [-0.2, 0) is 16.1 Å². The Kier molecular flexibility index (Phi) is 5.29.